The van der Waals surface area contributed by atoms with Gasteiger partial charge in [0, 0.05) is 12.4 Å². The number of benzene rings is 2. The summed E-state index contributed by atoms with van der Waals surface area (Å²) in [5.74, 6) is 0.101. The van der Waals surface area contributed by atoms with Crippen molar-refractivity contribution in [2.24, 2.45) is 0 Å². The van der Waals surface area contributed by atoms with E-state index in [1.54, 1.807) is 30.6 Å². The normalized spacial score (nSPS) is 11.9. The summed E-state index contributed by atoms with van der Waals surface area (Å²) in [5, 5.41) is 3.51. The van der Waals surface area contributed by atoms with Crippen molar-refractivity contribution in [1.82, 2.24) is 20.3 Å². The van der Waals surface area contributed by atoms with Crippen LogP contribution in [-0.4, -0.2) is 27.5 Å². The summed E-state index contributed by atoms with van der Waals surface area (Å²) in [6, 6.07) is 20.2. The molecule has 0 bridgehead atoms. The van der Waals surface area contributed by atoms with E-state index in [4.69, 9.17) is 4.74 Å². The van der Waals surface area contributed by atoms with Gasteiger partial charge in [-0.1, -0.05) is 42.5 Å². The van der Waals surface area contributed by atoms with Gasteiger partial charge in [0.15, 0.2) is 0 Å². The number of hydrogen-bond donors (Lipinski definition) is 2. The molecule has 7 nitrogen and oxygen atoms in total. The molecule has 4 rings (SSSR count). The van der Waals surface area contributed by atoms with Gasteiger partial charge in [-0.05, 0) is 35.4 Å². The van der Waals surface area contributed by atoms with E-state index in [2.05, 4.69) is 20.3 Å². The van der Waals surface area contributed by atoms with Crippen molar-refractivity contribution in [3.63, 3.8) is 0 Å². The minimum atomic E-state index is -0.316. The SMILES string of the molecule is O=C(COCc1nc2ccccc2c(=O)[nH]1)NC(c1ccccc1)c1ccncc1. The molecule has 0 aliphatic heterocycles. The second-order valence-electron chi connectivity index (χ2n) is 6.71. The molecule has 0 saturated carbocycles. The zero-order valence-corrected chi connectivity index (χ0v) is 16.1. The van der Waals surface area contributed by atoms with Crippen molar-refractivity contribution in [2.45, 2.75) is 12.6 Å². The monoisotopic (exact) mass is 400 g/mol. The second kappa shape index (κ2) is 9.11. The van der Waals surface area contributed by atoms with Crippen LogP contribution in [0.3, 0.4) is 0 Å². The zero-order chi connectivity index (χ0) is 20.8. The molecule has 0 saturated heterocycles. The van der Waals surface area contributed by atoms with Crippen molar-refractivity contribution in [1.29, 1.82) is 0 Å². The summed E-state index contributed by atoms with van der Waals surface area (Å²) in [5.41, 5.74) is 2.24. The molecule has 1 atom stereocenters. The molecular formula is C23H20N4O3. The lowest BCUT2D eigenvalue weighted by molar-refractivity contribution is -0.126. The molecule has 1 amide bonds. The maximum atomic E-state index is 12.5. The topological polar surface area (TPSA) is 97.0 Å². The Labute approximate surface area is 172 Å². The van der Waals surface area contributed by atoms with Crippen molar-refractivity contribution in [3.8, 4) is 0 Å². The van der Waals surface area contributed by atoms with E-state index in [9.17, 15) is 9.59 Å². The van der Waals surface area contributed by atoms with Gasteiger partial charge in [0.1, 0.15) is 19.0 Å². The van der Waals surface area contributed by atoms with Crippen LogP contribution in [0.2, 0.25) is 0 Å². The number of amides is 1. The highest BCUT2D eigenvalue weighted by Gasteiger charge is 2.17. The number of H-pyrrole nitrogens is 1. The summed E-state index contributed by atoms with van der Waals surface area (Å²) in [4.78, 5) is 35.7. The Balaban J connectivity index is 1.41. The van der Waals surface area contributed by atoms with Gasteiger partial charge < -0.3 is 15.0 Å². The molecule has 30 heavy (non-hydrogen) atoms. The second-order valence-corrected chi connectivity index (χ2v) is 6.71. The Kier molecular flexibility index (Phi) is 5.91. The van der Waals surface area contributed by atoms with Crippen LogP contribution in [0.25, 0.3) is 10.9 Å². The molecule has 2 N–H and O–H groups in total. The smallest absolute Gasteiger partial charge is 0.258 e. The standard InChI is InChI=1S/C23H20N4O3/c28-21(15-30-14-20-25-19-9-5-4-8-18(19)23(29)26-20)27-22(16-6-2-1-3-7-16)17-10-12-24-13-11-17/h1-13,22H,14-15H2,(H,27,28)(H,25,26,29). The highest BCUT2D eigenvalue weighted by molar-refractivity contribution is 5.78. The van der Waals surface area contributed by atoms with Crippen LogP contribution in [0.5, 0.6) is 0 Å². The predicted molar refractivity (Wildman–Crippen MR) is 113 cm³/mol. The van der Waals surface area contributed by atoms with Gasteiger partial charge in [-0.15, -0.1) is 0 Å². The number of nitrogens with one attached hydrogen (secondary N) is 2. The Bertz CT molecular complexity index is 1150. The van der Waals surface area contributed by atoms with E-state index < -0.39 is 0 Å². The third-order valence-corrected chi connectivity index (χ3v) is 4.61. The number of rotatable bonds is 7. The van der Waals surface area contributed by atoms with Crippen molar-refractivity contribution in [2.75, 3.05) is 6.61 Å². The molecule has 150 valence electrons. The lowest BCUT2D eigenvalue weighted by atomic mass is 10.00. The molecule has 0 radical (unpaired) electrons. The van der Waals surface area contributed by atoms with E-state index in [1.165, 1.54) is 0 Å². The van der Waals surface area contributed by atoms with Gasteiger partial charge in [-0.2, -0.15) is 0 Å². The summed E-state index contributed by atoms with van der Waals surface area (Å²) in [6.07, 6.45) is 3.38. The van der Waals surface area contributed by atoms with Crippen molar-refractivity contribution >= 4 is 16.8 Å². The van der Waals surface area contributed by atoms with Crippen LogP contribution in [0, 0.1) is 0 Å². The van der Waals surface area contributed by atoms with Crippen LogP contribution < -0.4 is 10.9 Å². The fourth-order valence-corrected chi connectivity index (χ4v) is 3.21. The maximum absolute atomic E-state index is 12.5. The first-order valence-electron chi connectivity index (χ1n) is 9.50. The number of fused-ring (bicyclic) bond motifs is 1. The molecule has 0 fully saturated rings. The first-order valence-corrected chi connectivity index (χ1v) is 9.50. The van der Waals surface area contributed by atoms with Gasteiger partial charge in [0.2, 0.25) is 5.91 Å². The quantitative estimate of drug-likeness (QED) is 0.497. The number of pyridine rings is 1. The van der Waals surface area contributed by atoms with Gasteiger partial charge in [0.25, 0.3) is 5.56 Å². The zero-order valence-electron chi connectivity index (χ0n) is 16.1. The van der Waals surface area contributed by atoms with E-state index >= 15 is 0 Å². The Hall–Kier alpha value is -3.84. The average Bonchev–Trinajstić information content (AvgIpc) is 2.79. The molecule has 1 unspecified atom stereocenters. The fourth-order valence-electron chi connectivity index (χ4n) is 3.21. The Morgan fingerprint density at radius 2 is 1.67 bits per heavy atom. The van der Waals surface area contributed by atoms with Gasteiger partial charge >= 0.3 is 0 Å². The van der Waals surface area contributed by atoms with Crippen LogP contribution in [0.4, 0.5) is 0 Å². The minimum Gasteiger partial charge on any atom is -0.364 e. The van der Waals surface area contributed by atoms with Crippen LogP contribution in [-0.2, 0) is 16.1 Å². The first-order chi connectivity index (χ1) is 14.7. The number of aromatic amines is 1. The fraction of sp³-hybridized carbons (Fsp3) is 0.130. The van der Waals surface area contributed by atoms with E-state index in [0.717, 1.165) is 11.1 Å². The summed E-state index contributed by atoms with van der Waals surface area (Å²) in [6.45, 7) is -0.135. The van der Waals surface area contributed by atoms with Crippen molar-refractivity contribution < 1.29 is 9.53 Å². The Morgan fingerprint density at radius 1 is 0.967 bits per heavy atom. The molecule has 0 aliphatic carbocycles. The number of hydrogen-bond acceptors (Lipinski definition) is 5. The average molecular weight is 400 g/mol. The minimum absolute atomic E-state index is 0.0265. The molecule has 2 aromatic heterocycles. The van der Waals surface area contributed by atoms with Crippen LogP contribution in [0.1, 0.15) is 23.0 Å². The van der Waals surface area contributed by atoms with Gasteiger partial charge in [0.05, 0.1) is 16.9 Å². The lowest BCUT2D eigenvalue weighted by Gasteiger charge is -2.19. The predicted octanol–water partition coefficient (Wildman–Crippen LogP) is 2.74. The van der Waals surface area contributed by atoms with Crippen LogP contribution in [0.15, 0.2) is 83.9 Å². The third kappa shape index (κ3) is 4.59. The number of ether oxygens (including phenoxy) is 1. The molecule has 4 aromatic rings. The van der Waals surface area contributed by atoms with Gasteiger partial charge in [-0.25, -0.2) is 4.98 Å². The highest BCUT2D eigenvalue weighted by Crippen LogP contribution is 2.21. The molecule has 2 aromatic carbocycles. The number of aromatic nitrogens is 3. The molecule has 2 heterocycles. The van der Waals surface area contributed by atoms with Crippen LogP contribution >= 0.6 is 0 Å². The lowest BCUT2D eigenvalue weighted by Crippen LogP contribution is -2.32. The number of nitrogens with zero attached hydrogens (tertiary/aromatic N) is 2. The first kappa shape index (κ1) is 19.5. The molecule has 0 spiro atoms. The molecule has 0 aliphatic rings. The molecule has 7 heteroatoms. The van der Waals surface area contributed by atoms with E-state index in [1.807, 2.05) is 48.5 Å². The number of carbonyl (C=O) groups is 1. The van der Waals surface area contributed by atoms with E-state index in [0.29, 0.717) is 16.7 Å². The van der Waals surface area contributed by atoms with Crippen molar-refractivity contribution in [3.05, 3.63) is 106 Å². The summed E-state index contributed by atoms with van der Waals surface area (Å²) >= 11 is 0. The van der Waals surface area contributed by atoms with E-state index in [-0.39, 0.29) is 30.7 Å². The Morgan fingerprint density at radius 3 is 2.47 bits per heavy atom. The third-order valence-electron chi connectivity index (χ3n) is 4.61. The van der Waals surface area contributed by atoms with Gasteiger partial charge in [-0.3, -0.25) is 14.6 Å². The molecular weight excluding hydrogens is 380 g/mol. The largest absolute Gasteiger partial charge is 0.364 e. The summed E-state index contributed by atoms with van der Waals surface area (Å²) in [7, 11) is 0. The highest BCUT2D eigenvalue weighted by atomic mass is 16.5. The maximum Gasteiger partial charge on any atom is 0.258 e. The number of carbonyl (C=O) groups excluding carboxylic acids is 1. The number of para-hydroxylation sites is 1. The summed E-state index contributed by atoms with van der Waals surface area (Å²) < 4.78 is 5.50.